The lowest BCUT2D eigenvalue weighted by Gasteiger charge is -2.29. The molecule has 1 aromatic heterocycles. The number of allylic oxidation sites excluding steroid dienone is 2. The average molecular weight is 428 g/mol. The first-order valence-electron chi connectivity index (χ1n) is 9.28. The molecule has 0 aliphatic carbocycles. The van der Waals surface area contributed by atoms with Gasteiger partial charge in [-0.05, 0) is 23.8 Å². The molecule has 31 heavy (non-hydrogen) atoms. The topological polar surface area (TPSA) is 115 Å². The fourth-order valence-electron chi connectivity index (χ4n) is 3.26. The van der Waals surface area contributed by atoms with Crippen LogP contribution in [0, 0.1) is 21.4 Å². The fraction of sp³-hybridized carbons (Fsp3) is 0.0435. The Labute approximate surface area is 182 Å². The van der Waals surface area contributed by atoms with Gasteiger partial charge < -0.3 is 10.5 Å². The van der Waals surface area contributed by atoms with E-state index in [-0.39, 0.29) is 17.1 Å². The van der Waals surface area contributed by atoms with Gasteiger partial charge in [0.15, 0.2) is 0 Å². The zero-order valence-corrected chi connectivity index (χ0v) is 17.0. The summed E-state index contributed by atoms with van der Waals surface area (Å²) in [5.41, 5.74) is 8.05. The van der Waals surface area contributed by atoms with Crippen molar-refractivity contribution in [1.82, 2.24) is 4.98 Å². The molecular formula is C23H16N4O3S. The molecule has 8 heteroatoms. The van der Waals surface area contributed by atoms with Crippen molar-refractivity contribution in [2.45, 2.75) is 10.8 Å². The van der Waals surface area contributed by atoms with E-state index in [2.05, 4.69) is 11.1 Å². The second kappa shape index (κ2) is 8.73. The smallest absolute Gasteiger partial charge is 0.269 e. The monoisotopic (exact) mass is 428 g/mol. The van der Waals surface area contributed by atoms with Crippen LogP contribution in [0.3, 0.4) is 0 Å². The highest BCUT2D eigenvalue weighted by Gasteiger charge is 2.34. The summed E-state index contributed by atoms with van der Waals surface area (Å²) < 4.78 is 5.94. The molecule has 0 saturated carbocycles. The highest BCUT2D eigenvalue weighted by molar-refractivity contribution is 8.03. The maximum Gasteiger partial charge on any atom is 0.269 e. The number of hydrogen-bond acceptors (Lipinski definition) is 7. The van der Waals surface area contributed by atoms with Crippen molar-refractivity contribution < 1.29 is 9.66 Å². The minimum Gasteiger partial charge on any atom is -0.439 e. The molecule has 4 rings (SSSR count). The number of thioether (sulfide) groups is 1. The van der Waals surface area contributed by atoms with E-state index < -0.39 is 10.8 Å². The van der Waals surface area contributed by atoms with Crippen LogP contribution >= 0.6 is 11.8 Å². The van der Waals surface area contributed by atoms with E-state index in [1.165, 1.54) is 23.9 Å². The van der Waals surface area contributed by atoms with Crippen molar-refractivity contribution in [2.75, 3.05) is 0 Å². The summed E-state index contributed by atoms with van der Waals surface area (Å²) in [6, 6.07) is 21.6. The number of nitriles is 1. The number of nitrogens with zero attached hydrogens (tertiary/aromatic N) is 3. The predicted octanol–water partition coefficient (Wildman–Crippen LogP) is 4.96. The van der Waals surface area contributed by atoms with Gasteiger partial charge in [0.2, 0.25) is 5.88 Å². The Hall–Kier alpha value is -4.09. The van der Waals surface area contributed by atoms with Crippen molar-refractivity contribution in [3.05, 3.63) is 117 Å². The Morgan fingerprint density at radius 3 is 2.45 bits per heavy atom. The van der Waals surface area contributed by atoms with Crippen LogP contribution in [0.2, 0.25) is 0 Å². The third-order valence-corrected chi connectivity index (χ3v) is 5.85. The van der Waals surface area contributed by atoms with Crippen molar-refractivity contribution in [3.8, 4) is 6.07 Å². The standard InChI is InChI=1S/C23H16N4O3S/c24-13-19-20(16-7-4-12-26-14-16)22(31-18-10-8-17(9-11-18)27(28)29)21(30-23(19)25)15-5-2-1-3-6-15/h1-12,14,20H,25H2/t20-/m0/s1. The van der Waals surface area contributed by atoms with Gasteiger partial charge in [0.25, 0.3) is 5.69 Å². The molecule has 3 aromatic rings. The predicted molar refractivity (Wildman–Crippen MR) is 117 cm³/mol. The highest BCUT2D eigenvalue weighted by Crippen LogP contribution is 2.49. The largest absolute Gasteiger partial charge is 0.439 e. The number of nitro groups is 1. The summed E-state index contributed by atoms with van der Waals surface area (Å²) in [6.45, 7) is 0. The minimum absolute atomic E-state index is 0.00664. The van der Waals surface area contributed by atoms with Crippen molar-refractivity contribution in [1.29, 1.82) is 5.26 Å². The number of nitrogens with two attached hydrogens (primary N) is 1. The number of nitro benzene ring substituents is 1. The number of ether oxygens (including phenoxy) is 1. The van der Waals surface area contributed by atoms with Gasteiger partial charge in [0.1, 0.15) is 17.4 Å². The Bertz CT molecular complexity index is 1220. The number of aromatic nitrogens is 1. The Morgan fingerprint density at radius 2 is 1.84 bits per heavy atom. The second-order valence-electron chi connectivity index (χ2n) is 6.62. The maximum atomic E-state index is 11.0. The van der Waals surface area contributed by atoms with Gasteiger partial charge in [-0.3, -0.25) is 15.1 Å². The Kier molecular flexibility index (Phi) is 5.69. The molecule has 0 bridgehead atoms. The molecule has 0 fully saturated rings. The molecular weight excluding hydrogens is 412 g/mol. The van der Waals surface area contributed by atoms with Crippen LogP contribution in [0.1, 0.15) is 17.0 Å². The SMILES string of the molecule is N#CC1=C(N)OC(c2ccccc2)=C(Sc2ccc([N+](=O)[O-])cc2)[C@H]1c1cccnc1. The van der Waals surface area contributed by atoms with Crippen LogP contribution in [0.25, 0.3) is 5.76 Å². The van der Waals surface area contributed by atoms with Crippen molar-refractivity contribution in [2.24, 2.45) is 5.73 Å². The summed E-state index contributed by atoms with van der Waals surface area (Å²) in [4.78, 5) is 16.3. The lowest BCUT2D eigenvalue weighted by atomic mass is 9.89. The molecule has 2 N–H and O–H groups in total. The molecule has 0 saturated heterocycles. The Morgan fingerprint density at radius 1 is 1.10 bits per heavy atom. The normalized spacial score (nSPS) is 15.9. The number of benzene rings is 2. The molecule has 0 unspecified atom stereocenters. The van der Waals surface area contributed by atoms with Crippen LogP contribution < -0.4 is 5.73 Å². The van der Waals surface area contributed by atoms with E-state index in [1.54, 1.807) is 30.6 Å². The van der Waals surface area contributed by atoms with Gasteiger partial charge in [0.05, 0.1) is 10.8 Å². The first-order valence-corrected chi connectivity index (χ1v) is 10.1. The van der Waals surface area contributed by atoms with Crippen LogP contribution in [-0.2, 0) is 4.74 Å². The van der Waals surface area contributed by atoms with E-state index in [1.807, 2.05) is 36.4 Å². The van der Waals surface area contributed by atoms with E-state index in [0.29, 0.717) is 5.76 Å². The molecule has 7 nitrogen and oxygen atoms in total. The first kappa shape index (κ1) is 20.2. The average Bonchev–Trinajstić information content (AvgIpc) is 2.81. The molecule has 2 heterocycles. The lowest BCUT2D eigenvalue weighted by molar-refractivity contribution is -0.384. The van der Waals surface area contributed by atoms with E-state index in [9.17, 15) is 15.4 Å². The molecule has 152 valence electrons. The van der Waals surface area contributed by atoms with Crippen LogP contribution in [0.4, 0.5) is 5.69 Å². The number of pyridine rings is 1. The van der Waals surface area contributed by atoms with Gasteiger partial charge >= 0.3 is 0 Å². The molecule has 0 amide bonds. The highest BCUT2D eigenvalue weighted by atomic mass is 32.2. The third kappa shape index (κ3) is 4.13. The summed E-state index contributed by atoms with van der Waals surface area (Å²) >= 11 is 1.38. The maximum absolute atomic E-state index is 11.0. The van der Waals surface area contributed by atoms with Gasteiger partial charge in [-0.15, -0.1) is 0 Å². The molecule has 1 aliphatic heterocycles. The summed E-state index contributed by atoms with van der Waals surface area (Å²) in [5, 5.41) is 20.8. The number of rotatable bonds is 5. The molecule has 1 aliphatic rings. The van der Waals surface area contributed by atoms with E-state index >= 15 is 0 Å². The second-order valence-corrected chi connectivity index (χ2v) is 7.74. The van der Waals surface area contributed by atoms with Crippen LogP contribution in [-0.4, -0.2) is 9.91 Å². The molecule has 0 radical (unpaired) electrons. The van der Waals surface area contributed by atoms with Gasteiger partial charge in [-0.2, -0.15) is 5.26 Å². The molecule has 2 aromatic carbocycles. The van der Waals surface area contributed by atoms with E-state index in [0.717, 1.165) is 20.9 Å². The number of hydrogen-bond donors (Lipinski definition) is 1. The molecule has 1 atom stereocenters. The fourth-order valence-corrected chi connectivity index (χ4v) is 4.41. The number of non-ortho nitro benzene ring substituents is 1. The first-order chi connectivity index (χ1) is 15.1. The zero-order valence-electron chi connectivity index (χ0n) is 16.1. The molecule has 0 spiro atoms. The van der Waals surface area contributed by atoms with Crippen LogP contribution in [0.5, 0.6) is 0 Å². The summed E-state index contributed by atoms with van der Waals surface area (Å²) in [7, 11) is 0. The third-order valence-electron chi connectivity index (χ3n) is 4.70. The minimum atomic E-state index is -0.483. The quantitative estimate of drug-likeness (QED) is 0.451. The van der Waals surface area contributed by atoms with Crippen LogP contribution in [0.15, 0.2) is 100 Å². The van der Waals surface area contributed by atoms with Gasteiger partial charge in [0, 0.05) is 39.9 Å². The zero-order chi connectivity index (χ0) is 21.8. The van der Waals surface area contributed by atoms with Crippen molar-refractivity contribution in [3.63, 3.8) is 0 Å². The summed E-state index contributed by atoms with van der Waals surface area (Å²) in [6.07, 6.45) is 3.35. The van der Waals surface area contributed by atoms with Gasteiger partial charge in [-0.1, -0.05) is 48.2 Å². The summed E-state index contributed by atoms with van der Waals surface area (Å²) in [5.74, 6) is 0.0976. The Balaban J connectivity index is 1.88. The van der Waals surface area contributed by atoms with Gasteiger partial charge in [-0.25, -0.2) is 0 Å². The van der Waals surface area contributed by atoms with Crippen molar-refractivity contribution >= 4 is 23.2 Å². The van der Waals surface area contributed by atoms with E-state index in [4.69, 9.17) is 10.5 Å². The lowest BCUT2D eigenvalue weighted by Crippen LogP contribution is -2.19.